The molecule has 2 aromatic carbocycles. The summed E-state index contributed by atoms with van der Waals surface area (Å²) in [5.74, 6) is -1.51. The first-order chi connectivity index (χ1) is 18.7. The highest BCUT2D eigenvalue weighted by molar-refractivity contribution is 7.14. The second-order valence-electron chi connectivity index (χ2n) is 9.11. The second-order valence-corrected chi connectivity index (χ2v) is 9.97. The number of hydrogen-bond acceptors (Lipinski definition) is 9. The standard InChI is InChI=1S/C26H25N5O7S/c1-30(2)16-6-3-14(4-7-16)11-18(22(32)29-25-27-17(13-39-25)24(34)35)31-23(33)21(28-26(31)36)15-5-8-19-20(12-15)38-10-9-37-19/h3-8,12-13,18,21H,9-11H2,1-2H3,(H,28,36)(H,34,35)(H,27,29,32)/t18?,21-/m1/s1. The van der Waals surface area contributed by atoms with Crippen molar-refractivity contribution in [1.29, 1.82) is 0 Å². The molecule has 1 aromatic heterocycles. The Labute approximate surface area is 227 Å². The summed E-state index contributed by atoms with van der Waals surface area (Å²) in [6, 6.07) is 9.36. The third-order valence-corrected chi connectivity index (χ3v) is 7.08. The van der Waals surface area contributed by atoms with Gasteiger partial charge in [-0.25, -0.2) is 19.5 Å². The number of carbonyl (C=O) groups is 4. The van der Waals surface area contributed by atoms with Crippen molar-refractivity contribution in [2.75, 3.05) is 37.5 Å². The van der Waals surface area contributed by atoms with Crippen LogP contribution in [0.15, 0.2) is 47.8 Å². The fraction of sp³-hybridized carbons (Fsp3) is 0.269. The molecule has 12 nitrogen and oxygen atoms in total. The Morgan fingerprint density at radius 3 is 2.54 bits per heavy atom. The normalized spacial score (nSPS) is 17.0. The van der Waals surface area contributed by atoms with Gasteiger partial charge in [0.1, 0.15) is 25.3 Å². The van der Waals surface area contributed by atoms with Gasteiger partial charge in [-0.3, -0.25) is 9.59 Å². The van der Waals surface area contributed by atoms with Crippen molar-refractivity contribution in [3.8, 4) is 11.5 Å². The van der Waals surface area contributed by atoms with Gasteiger partial charge in [-0.1, -0.05) is 18.2 Å². The molecule has 13 heteroatoms. The number of carbonyl (C=O) groups excluding carboxylic acids is 3. The van der Waals surface area contributed by atoms with E-state index in [4.69, 9.17) is 14.6 Å². The smallest absolute Gasteiger partial charge is 0.355 e. The third kappa shape index (κ3) is 5.34. The van der Waals surface area contributed by atoms with E-state index in [0.29, 0.717) is 30.3 Å². The first-order valence-electron chi connectivity index (χ1n) is 12.0. The van der Waals surface area contributed by atoms with Crippen LogP contribution in [-0.4, -0.2) is 72.2 Å². The maximum absolute atomic E-state index is 13.6. The van der Waals surface area contributed by atoms with Gasteiger partial charge in [0.15, 0.2) is 22.3 Å². The van der Waals surface area contributed by atoms with E-state index in [-0.39, 0.29) is 17.2 Å². The van der Waals surface area contributed by atoms with Crippen molar-refractivity contribution in [1.82, 2.24) is 15.2 Å². The van der Waals surface area contributed by atoms with Gasteiger partial charge in [-0.2, -0.15) is 0 Å². The average molecular weight is 552 g/mol. The summed E-state index contributed by atoms with van der Waals surface area (Å²) in [5.41, 5.74) is 1.92. The van der Waals surface area contributed by atoms with Gasteiger partial charge >= 0.3 is 12.0 Å². The molecule has 2 aliphatic rings. The Bertz CT molecular complexity index is 1440. The number of carboxylic acid groups (broad SMARTS) is 1. The number of fused-ring (bicyclic) bond motifs is 1. The SMILES string of the molecule is CN(C)c1ccc(CC(C(=O)Nc2nc(C(=O)O)cs2)N2C(=O)N[C@H](c3ccc4c(c3)OCCO4)C2=O)cc1. The number of hydrogen-bond donors (Lipinski definition) is 3. The minimum Gasteiger partial charge on any atom is -0.486 e. The van der Waals surface area contributed by atoms with E-state index in [1.807, 2.05) is 43.3 Å². The zero-order chi connectivity index (χ0) is 27.7. The molecule has 0 aliphatic carbocycles. The van der Waals surface area contributed by atoms with Gasteiger partial charge in [0.2, 0.25) is 5.91 Å². The lowest BCUT2D eigenvalue weighted by Gasteiger charge is -2.25. The van der Waals surface area contributed by atoms with Gasteiger partial charge in [0, 0.05) is 31.6 Å². The molecule has 1 fully saturated rings. The minimum atomic E-state index is -1.24. The summed E-state index contributed by atoms with van der Waals surface area (Å²) in [5, 5.41) is 15.7. The molecule has 3 aromatic rings. The number of rotatable bonds is 8. The molecule has 1 unspecified atom stereocenters. The van der Waals surface area contributed by atoms with Crippen LogP contribution in [0.25, 0.3) is 0 Å². The van der Waals surface area contributed by atoms with Gasteiger partial charge in [0.25, 0.3) is 5.91 Å². The number of urea groups is 1. The van der Waals surface area contributed by atoms with Crippen LogP contribution in [0.3, 0.4) is 0 Å². The van der Waals surface area contributed by atoms with Crippen molar-refractivity contribution in [3.63, 3.8) is 0 Å². The number of aromatic carboxylic acids is 1. The van der Waals surface area contributed by atoms with Crippen molar-refractivity contribution in [2.24, 2.45) is 0 Å². The lowest BCUT2D eigenvalue weighted by atomic mass is 10.0. The van der Waals surface area contributed by atoms with Crippen LogP contribution in [0.5, 0.6) is 11.5 Å². The summed E-state index contributed by atoms with van der Waals surface area (Å²) in [6.07, 6.45) is 0.0315. The van der Waals surface area contributed by atoms with E-state index in [1.54, 1.807) is 18.2 Å². The fourth-order valence-corrected chi connectivity index (χ4v) is 5.01. The van der Waals surface area contributed by atoms with E-state index in [9.17, 15) is 19.2 Å². The number of aromatic nitrogens is 1. The number of imide groups is 1. The number of carboxylic acids is 1. The van der Waals surface area contributed by atoms with E-state index in [0.717, 1.165) is 27.5 Å². The quantitative estimate of drug-likeness (QED) is 0.359. The van der Waals surface area contributed by atoms with E-state index >= 15 is 0 Å². The highest BCUT2D eigenvalue weighted by Crippen LogP contribution is 2.35. The molecule has 0 saturated carbocycles. The number of nitrogens with zero attached hydrogens (tertiary/aromatic N) is 3. The lowest BCUT2D eigenvalue weighted by molar-refractivity contribution is -0.134. The van der Waals surface area contributed by atoms with Crippen molar-refractivity contribution >= 4 is 46.0 Å². The Hall–Kier alpha value is -4.65. The van der Waals surface area contributed by atoms with Crippen molar-refractivity contribution in [2.45, 2.75) is 18.5 Å². The van der Waals surface area contributed by atoms with Crippen molar-refractivity contribution in [3.05, 3.63) is 64.7 Å². The Kier molecular flexibility index (Phi) is 7.07. The number of amides is 4. The van der Waals surface area contributed by atoms with Crippen LogP contribution in [0.4, 0.5) is 15.6 Å². The van der Waals surface area contributed by atoms with Crippen LogP contribution in [-0.2, 0) is 16.0 Å². The lowest BCUT2D eigenvalue weighted by Crippen LogP contribution is -2.49. The molecule has 3 N–H and O–H groups in total. The van der Waals surface area contributed by atoms with Gasteiger partial charge in [-0.05, 0) is 35.4 Å². The number of anilines is 2. The largest absolute Gasteiger partial charge is 0.486 e. The monoisotopic (exact) mass is 551 g/mol. The second kappa shape index (κ2) is 10.6. The van der Waals surface area contributed by atoms with Gasteiger partial charge < -0.3 is 30.1 Å². The fourth-order valence-electron chi connectivity index (χ4n) is 4.33. The Balaban J connectivity index is 1.43. The number of nitrogens with one attached hydrogen (secondary N) is 2. The molecule has 0 spiro atoms. The zero-order valence-electron chi connectivity index (χ0n) is 21.0. The topological polar surface area (TPSA) is 150 Å². The molecule has 202 valence electrons. The maximum atomic E-state index is 13.6. The Morgan fingerprint density at radius 2 is 1.87 bits per heavy atom. The molecule has 1 saturated heterocycles. The zero-order valence-corrected chi connectivity index (χ0v) is 21.9. The van der Waals surface area contributed by atoms with Crippen LogP contribution in [0.1, 0.15) is 27.7 Å². The molecule has 0 radical (unpaired) electrons. The molecule has 4 amide bonds. The van der Waals surface area contributed by atoms with Crippen LogP contribution >= 0.6 is 11.3 Å². The number of ether oxygens (including phenoxy) is 2. The molecule has 2 atom stereocenters. The maximum Gasteiger partial charge on any atom is 0.355 e. The van der Waals surface area contributed by atoms with Crippen LogP contribution in [0.2, 0.25) is 0 Å². The molecule has 5 rings (SSSR count). The van der Waals surface area contributed by atoms with Crippen LogP contribution < -0.4 is 25.0 Å². The minimum absolute atomic E-state index is 0.0315. The molecule has 3 heterocycles. The average Bonchev–Trinajstić information content (AvgIpc) is 3.51. The summed E-state index contributed by atoms with van der Waals surface area (Å²) in [6.45, 7) is 0.779. The summed E-state index contributed by atoms with van der Waals surface area (Å²) < 4.78 is 11.1. The predicted octanol–water partition coefficient (Wildman–Crippen LogP) is 2.52. The molecule has 0 bridgehead atoms. The van der Waals surface area contributed by atoms with E-state index in [2.05, 4.69) is 15.6 Å². The molecular formula is C26H25N5O7S. The molecule has 2 aliphatic heterocycles. The number of benzene rings is 2. The molecular weight excluding hydrogens is 526 g/mol. The summed E-state index contributed by atoms with van der Waals surface area (Å²) >= 11 is 0.931. The predicted molar refractivity (Wildman–Crippen MR) is 142 cm³/mol. The first-order valence-corrected chi connectivity index (χ1v) is 12.9. The highest BCUT2D eigenvalue weighted by Gasteiger charge is 2.45. The first kappa shape index (κ1) is 26.0. The summed E-state index contributed by atoms with van der Waals surface area (Å²) in [4.78, 5) is 58.1. The summed E-state index contributed by atoms with van der Waals surface area (Å²) in [7, 11) is 3.80. The highest BCUT2D eigenvalue weighted by atomic mass is 32.1. The Morgan fingerprint density at radius 1 is 1.15 bits per heavy atom. The van der Waals surface area contributed by atoms with Crippen LogP contribution in [0, 0.1) is 0 Å². The van der Waals surface area contributed by atoms with Gasteiger partial charge in [0.05, 0.1) is 0 Å². The number of thiazole rings is 1. The van der Waals surface area contributed by atoms with E-state index < -0.39 is 35.9 Å². The molecule has 39 heavy (non-hydrogen) atoms. The third-order valence-electron chi connectivity index (χ3n) is 6.32. The van der Waals surface area contributed by atoms with E-state index in [1.165, 1.54) is 5.38 Å². The van der Waals surface area contributed by atoms with Gasteiger partial charge in [-0.15, -0.1) is 11.3 Å². The van der Waals surface area contributed by atoms with Crippen molar-refractivity contribution < 1.29 is 33.8 Å².